The number of anilines is 2. The van der Waals surface area contributed by atoms with Gasteiger partial charge in [-0.25, -0.2) is 29.1 Å². The Balaban J connectivity index is 1.55. The fourth-order valence-electron chi connectivity index (χ4n) is 5.12. The number of halogens is 1. The van der Waals surface area contributed by atoms with Gasteiger partial charge in [0, 0.05) is 30.7 Å². The van der Waals surface area contributed by atoms with Crippen molar-refractivity contribution in [2.75, 3.05) is 10.2 Å². The summed E-state index contributed by atoms with van der Waals surface area (Å²) in [6, 6.07) is 14.4. The molecule has 4 heterocycles. The van der Waals surface area contributed by atoms with E-state index in [1.807, 2.05) is 41.9 Å². The molecule has 0 saturated heterocycles. The first-order chi connectivity index (χ1) is 21.0. The summed E-state index contributed by atoms with van der Waals surface area (Å²) in [7, 11) is 1.88. The Labute approximate surface area is 252 Å². The number of carbonyl (C=O) groups excluding carboxylic acids is 2. The van der Waals surface area contributed by atoms with Crippen LogP contribution in [0.3, 0.4) is 0 Å². The van der Waals surface area contributed by atoms with Gasteiger partial charge >= 0.3 is 12.1 Å². The van der Waals surface area contributed by atoms with Gasteiger partial charge in [0.25, 0.3) is 5.91 Å². The lowest BCUT2D eigenvalue weighted by Crippen LogP contribution is -2.37. The number of rotatable bonds is 5. The molecule has 0 spiro atoms. The molecular formula is C32H28FN7O4. The fourth-order valence-corrected chi connectivity index (χ4v) is 5.12. The molecule has 2 amide bonds. The molecule has 0 saturated carbocycles. The average Bonchev–Trinajstić information content (AvgIpc) is 3.19. The summed E-state index contributed by atoms with van der Waals surface area (Å²) < 4.78 is 26.9. The second kappa shape index (κ2) is 10.9. The van der Waals surface area contributed by atoms with Crippen molar-refractivity contribution in [3.8, 4) is 34.1 Å². The highest BCUT2D eigenvalue weighted by molar-refractivity contribution is 6.12. The van der Waals surface area contributed by atoms with Crippen LogP contribution >= 0.6 is 0 Å². The number of carbonyl (C=O) groups is 2. The SMILES string of the molecule is C=C(F)C(=O)Nc1ccc(-c2c3c4c(ncnc4n2C)N(C(=O)OC(C)(C)C)Cc2cc(Oc4ncccn4)ccc2-3)cc1. The number of nitrogens with zero attached hydrogens (tertiary/aromatic N) is 6. The maximum atomic E-state index is 13.7. The summed E-state index contributed by atoms with van der Waals surface area (Å²) in [5, 5.41) is 3.14. The summed E-state index contributed by atoms with van der Waals surface area (Å²) in [6.07, 6.45) is 4.03. The molecule has 6 rings (SSSR count). The van der Waals surface area contributed by atoms with Crippen LogP contribution in [0.5, 0.6) is 11.8 Å². The lowest BCUT2D eigenvalue weighted by atomic mass is 9.95. The van der Waals surface area contributed by atoms with Crippen LogP contribution in [-0.4, -0.2) is 42.1 Å². The zero-order valence-corrected chi connectivity index (χ0v) is 24.5. The molecule has 0 radical (unpaired) electrons. The molecule has 2 aromatic carbocycles. The van der Waals surface area contributed by atoms with E-state index in [4.69, 9.17) is 9.47 Å². The van der Waals surface area contributed by atoms with Gasteiger partial charge in [0.05, 0.1) is 17.6 Å². The Morgan fingerprint density at radius 2 is 1.75 bits per heavy atom. The Hall–Kier alpha value is -5.65. The van der Waals surface area contributed by atoms with Gasteiger partial charge in [-0.05, 0) is 67.8 Å². The van der Waals surface area contributed by atoms with Gasteiger partial charge in [-0.15, -0.1) is 0 Å². The van der Waals surface area contributed by atoms with Crippen molar-refractivity contribution < 1.29 is 23.5 Å². The Morgan fingerprint density at radius 3 is 2.43 bits per heavy atom. The molecule has 1 N–H and O–H groups in total. The van der Waals surface area contributed by atoms with Crippen LogP contribution in [0, 0.1) is 0 Å². The molecule has 0 aliphatic carbocycles. The maximum Gasteiger partial charge on any atom is 0.416 e. The van der Waals surface area contributed by atoms with Crippen molar-refractivity contribution in [3.05, 3.63) is 85.2 Å². The summed E-state index contributed by atoms with van der Waals surface area (Å²) in [5.41, 5.74) is 4.25. The molecule has 11 nitrogen and oxygen atoms in total. The van der Waals surface area contributed by atoms with Crippen LogP contribution in [-0.2, 0) is 23.1 Å². The largest absolute Gasteiger partial charge is 0.443 e. The van der Waals surface area contributed by atoms with E-state index in [1.54, 1.807) is 51.4 Å². The van der Waals surface area contributed by atoms with Crippen molar-refractivity contribution in [1.29, 1.82) is 0 Å². The number of aromatic nitrogens is 5. The quantitative estimate of drug-likeness (QED) is 0.227. The van der Waals surface area contributed by atoms with Gasteiger partial charge in [0.15, 0.2) is 11.6 Å². The van der Waals surface area contributed by atoms with Crippen LogP contribution in [0.15, 0.2) is 79.7 Å². The third kappa shape index (κ3) is 5.33. The van der Waals surface area contributed by atoms with Crippen LogP contribution < -0.4 is 15.0 Å². The summed E-state index contributed by atoms with van der Waals surface area (Å²) >= 11 is 0. The maximum absolute atomic E-state index is 13.7. The van der Waals surface area contributed by atoms with Crippen LogP contribution in [0.2, 0.25) is 0 Å². The Morgan fingerprint density at radius 1 is 1.02 bits per heavy atom. The molecule has 0 unspecified atom stereocenters. The number of ether oxygens (including phenoxy) is 2. The number of hydrogen-bond donors (Lipinski definition) is 1. The van der Waals surface area contributed by atoms with Crippen molar-refractivity contribution >= 4 is 34.5 Å². The third-order valence-corrected chi connectivity index (χ3v) is 6.91. The van der Waals surface area contributed by atoms with Crippen molar-refractivity contribution in [1.82, 2.24) is 24.5 Å². The summed E-state index contributed by atoms with van der Waals surface area (Å²) in [6.45, 7) is 8.59. The highest BCUT2D eigenvalue weighted by Crippen LogP contribution is 2.47. The van der Waals surface area contributed by atoms with Crippen LogP contribution in [0.4, 0.5) is 20.7 Å². The van der Waals surface area contributed by atoms with E-state index < -0.39 is 23.4 Å². The predicted octanol–water partition coefficient (Wildman–Crippen LogP) is 6.56. The van der Waals surface area contributed by atoms with E-state index >= 15 is 0 Å². The highest BCUT2D eigenvalue weighted by Gasteiger charge is 2.34. The number of aryl methyl sites for hydroxylation is 1. The first kappa shape index (κ1) is 28.5. The van der Waals surface area contributed by atoms with E-state index in [-0.39, 0.29) is 12.6 Å². The Bertz CT molecular complexity index is 1930. The van der Waals surface area contributed by atoms with Crippen LogP contribution in [0.25, 0.3) is 33.4 Å². The smallest absolute Gasteiger partial charge is 0.416 e. The van der Waals surface area contributed by atoms with Crippen molar-refractivity contribution in [2.24, 2.45) is 7.05 Å². The minimum atomic E-state index is -1.08. The summed E-state index contributed by atoms with van der Waals surface area (Å²) in [5.74, 6) is -1.11. The lowest BCUT2D eigenvalue weighted by Gasteiger charge is -2.26. The van der Waals surface area contributed by atoms with Crippen molar-refractivity contribution in [3.63, 3.8) is 0 Å². The minimum Gasteiger partial charge on any atom is -0.443 e. The highest BCUT2D eigenvalue weighted by atomic mass is 19.1. The molecular weight excluding hydrogens is 565 g/mol. The van der Waals surface area contributed by atoms with E-state index in [1.165, 1.54) is 11.2 Å². The average molecular weight is 594 g/mol. The van der Waals surface area contributed by atoms with Gasteiger partial charge in [0.1, 0.15) is 23.3 Å². The number of hydrogen-bond acceptors (Lipinski definition) is 8. The molecule has 1 aliphatic heterocycles. The Kier molecular flexibility index (Phi) is 7.04. The first-order valence-electron chi connectivity index (χ1n) is 13.7. The predicted molar refractivity (Wildman–Crippen MR) is 163 cm³/mol. The molecule has 44 heavy (non-hydrogen) atoms. The zero-order chi connectivity index (χ0) is 31.2. The van der Waals surface area contributed by atoms with Crippen molar-refractivity contribution in [2.45, 2.75) is 32.9 Å². The second-order valence-corrected chi connectivity index (χ2v) is 11.1. The summed E-state index contributed by atoms with van der Waals surface area (Å²) in [4.78, 5) is 44.4. The van der Waals surface area contributed by atoms with E-state index in [2.05, 4.69) is 31.8 Å². The number of amides is 2. The van der Waals surface area contributed by atoms with Gasteiger partial charge < -0.3 is 19.4 Å². The van der Waals surface area contributed by atoms with E-state index in [9.17, 15) is 14.0 Å². The monoisotopic (exact) mass is 593 g/mol. The van der Waals surface area contributed by atoms with Gasteiger partial charge in [-0.1, -0.05) is 24.8 Å². The molecule has 0 atom stereocenters. The minimum absolute atomic E-state index is 0.138. The number of benzene rings is 2. The third-order valence-electron chi connectivity index (χ3n) is 6.91. The zero-order valence-electron chi connectivity index (χ0n) is 24.5. The number of fused-ring (bicyclic) bond motifs is 2. The molecule has 222 valence electrons. The van der Waals surface area contributed by atoms with E-state index in [0.717, 1.165) is 27.9 Å². The first-order valence-corrected chi connectivity index (χ1v) is 13.7. The molecule has 3 aromatic heterocycles. The van der Waals surface area contributed by atoms with E-state index in [0.29, 0.717) is 28.3 Å². The van der Waals surface area contributed by atoms with Crippen LogP contribution in [0.1, 0.15) is 26.3 Å². The normalized spacial score (nSPS) is 12.3. The number of nitrogens with one attached hydrogen (secondary N) is 1. The molecule has 5 aromatic rings. The topological polar surface area (TPSA) is 124 Å². The lowest BCUT2D eigenvalue weighted by molar-refractivity contribution is -0.114. The standard InChI is InChI=1S/C32H28FN7O4/c1-18(33)29(41)38-21-9-7-19(8-10-21)26-24-23-12-11-22(43-30-34-13-6-14-35-30)15-20(23)16-40(31(42)44-32(2,3)4)28-25(24)27(39(26)5)36-17-37-28/h6-15,17H,1,16H2,2-5H3,(H,38,41). The van der Waals surface area contributed by atoms with Gasteiger partial charge in [-0.3, -0.25) is 9.69 Å². The van der Waals surface area contributed by atoms with Gasteiger partial charge in [-0.2, -0.15) is 0 Å². The second-order valence-electron chi connectivity index (χ2n) is 11.1. The van der Waals surface area contributed by atoms with Gasteiger partial charge in [0.2, 0.25) is 0 Å². The molecule has 0 bridgehead atoms. The molecule has 12 heteroatoms. The molecule has 1 aliphatic rings. The fraction of sp³-hybridized carbons (Fsp3) is 0.188. The molecule has 0 fully saturated rings.